The molecule has 3 heterocycles. The van der Waals surface area contributed by atoms with Crippen LogP contribution < -0.4 is 5.56 Å². The van der Waals surface area contributed by atoms with Crippen LogP contribution in [0, 0.1) is 5.41 Å². The van der Waals surface area contributed by atoms with Crippen molar-refractivity contribution in [1.29, 1.82) is 0 Å². The van der Waals surface area contributed by atoms with Gasteiger partial charge in [-0.3, -0.25) is 23.1 Å². The van der Waals surface area contributed by atoms with E-state index in [1.807, 2.05) is 30.3 Å². The van der Waals surface area contributed by atoms with E-state index in [-0.39, 0.29) is 12.1 Å². The summed E-state index contributed by atoms with van der Waals surface area (Å²) in [4.78, 5) is 21.7. The van der Waals surface area contributed by atoms with E-state index in [0.717, 1.165) is 11.3 Å². The van der Waals surface area contributed by atoms with Gasteiger partial charge in [-0.05, 0) is 30.7 Å². The lowest BCUT2D eigenvalue weighted by atomic mass is 9.83. The van der Waals surface area contributed by atoms with E-state index in [2.05, 4.69) is 9.97 Å². The molecular formula is C19H17F2N3O. The lowest BCUT2D eigenvalue weighted by Gasteiger charge is -2.33. The number of hydrogen-bond acceptors (Lipinski definition) is 3. The molecule has 0 saturated carbocycles. The lowest BCUT2D eigenvalue weighted by Crippen LogP contribution is -2.42. The maximum Gasteiger partial charge on any atom is 0.261 e. The Hall–Kier alpha value is -2.63. The fourth-order valence-corrected chi connectivity index (χ4v) is 3.36. The highest BCUT2D eigenvalue weighted by molar-refractivity contribution is 5.83. The second kappa shape index (κ2) is 6.02. The Balaban J connectivity index is 1.85. The Morgan fingerprint density at radius 1 is 1.16 bits per heavy atom. The van der Waals surface area contributed by atoms with E-state index >= 15 is 0 Å². The summed E-state index contributed by atoms with van der Waals surface area (Å²) in [6.45, 7) is -1.50. The van der Waals surface area contributed by atoms with Crippen molar-refractivity contribution in [2.45, 2.75) is 19.4 Å². The molecule has 128 valence electrons. The first-order valence-electron chi connectivity index (χ1n) is 8.23. The standard InChI is InChI=1S/C19H17F2N3O/c20-10-19(11-21)7-6-17-23-16-9-13(15-3-1-2-8-22-15)4-5-14(16)18(25)24(17)12-19/h1-5,8-9H,6-7,10-12H2. The van der Waals surface area contributed by atoms with Gasteiger partial charge in [-0.15, -0.1) is 0 Å². The smallest absolute Gasteiger partial charge is 0.261 e. The number of hydrogen-bond donors (Lipinski definition) is 0. The van der Waals surface area contributed by atoms with Crippen LogP contribution in [-0.2, 0) is 13.0 Å². The van der Waals surface area contributed by atoms with Gasteiger partial charge in [-0.2, -0.15) is 0 Å². The zero-order valence-electron chi connectivity index (χ0n) is 13.6. The summed E-state index contributed by atoms with van der Waals surface area (Å²) in [6, 6.07) is 11.0. The molecule has 0 unspecified atom stereocenters. The first-order valence-corrected chi connectivity index (χ1v) is 8.23. The molecule has 0 radical (unpaired) electrons. The summed E-state index contributed by atoms with van der Waals surface area (Å²) in [5.74, 6) is 0.591. The molecule has 4 nitrogen and oxygen atoms in total. The molecule has 0 atom stereocenters. The van der Waals surface area contributed by atoms with Crippen LogP contribution in [0.25, 0.3) is 22.2 Å². The molecule has 0 N–H and O–H groups in total. The number of halogens is 2. The topological polar surface area (TPSA) is 47.8 Å². The van der Waals surface area contributed by atoms with Gasteiger partial charge in [0.1, 0.15) is 5.82 Å². The minimum Gasteiger partial charge on any atom is -0.295 e. The lowest BCUT2D eigenvalue weighted by molar-refractivity contribution is 0.0974. The van der Waals surface area contributed by atoms with Crippen LogP contribution in [0.1, 0.15) is 12.2 Å². The molecule has 4 rings (SSSR count). The van der Waals surface area contributed by atoms with Crippen molar-refractivity contribution in [3.63, 3.8) is 0 Å². The SMILES string of the molecule is O=c1c2ccc(-c3ccccn3)cc2nc2n1CC(CF)(CF)CC2. The van der Waals surface area contributed by atoms with E-state index in [4.69, 9.17) is 0 Å². The number of benzene rings is 1. The van der Waals surface area contributed by atoms with Gasteiger partial charge in [0, 0.05) is 30.1 Å². The van der Waals surface area contributed by atoms with Gasteiger partial charge in [0.25, 0.3) is 5.56 Å². The summed E-state index contributed by atoms with van der Waals surface area (Å²) < 4.78 is 28.1. The van der Waals surface area contributed by atoms with Crippen LogP contribution in [0.15, 0.2) is 47.4 Å². The molecule has 0 bridgehead atoms. The first-order chi connectivity index (χ1) is 12.2. The summed E-state index contributed by atoms with van der Waals surface area (Å²) in [7, 11) is 0. The molecule has 0 amide bonds. The average molecular weight is 341 g/mol. The minimum atomic E-state index is -1.10. The third-order valence-electron chi connectivity index (χ3n) is 4.93. The predicted molar refractivity (Wildman–Crippen MR) is 91.9 cm³/mol. The number of fused-ring (bicyclic) bond motifs is 2. The number of nitrogens with zero attached hydrogens (tertiary/aromatic N) is 3. The Kier molecular flexibility index (Phi) is 3.82. The third kappa shape index (κ3) is 2.62. The van der Waals surface area contributed by atoms with Crippen LogP contribution >= 0.6 is 0 Å². The van der Waals surface area contributed by atoms with Crippen LogP contribution in [0.2, 0.25) is 0 Å². The highest BCUT2D eigenvalue weighted by Gasteiger charge is 2.36. The zero-order chi connectivity index (χ0) is 17.4. The number of aryl methyl sites for hydroxylation is 1. The maximum atomic E-state index is 13.3. The highest BCUT2D eigenvalue weighted by atomic mass is 19.1. The Labute approximate surface area is 143 Å². The number of rotatable bonds is 3. The van der Waals surface area contributed by atoms with E-state index in [0.29, 0.717) is 29.6 Å². The normalized spacial score (nSPS) is 15.9. The van der Waals surface area contributed by atoms with E-state index < -0.39 is 18.8 Å². The van der Waals surface area contributed by atoms with Gasteiger partial charge in [0.05, 0.1) is 29.9 Å². The van der Waals surface area contributed by atoms with Gasteiger partial charge >= 0.3 is 0 Å². The number of pyridine rings is 1. The summed E-state index contributed by atoms with van der Waals surface area (Å²) in [5.41, 5.74) is 0.937. The molecule has 25 heavy (non-hydrogen) atoms. The molecule has 0 aliphatic carbocycles. The molecule has 0 spiro atoms. The number of alkyl halides is 2. The van der Waals surface area contributed by atoms with Crippen molar-refractivity contribution in [2.24, 2.45) is 5.41 Å². The van der Waals surface area contributed by atoms with Crippen molar-refractivity contribution < 1.29 is 8.78 Å². The Morgan fingerprint density at radius 2 is 2.00 bits per heavy atom. The molecule has 3 aromatic rings. The maximum absolute atomic E-state index is 13.3. The van der Waals surface area contributed by atoms with E-state index in [1.54, 1.807) is 12.3 Å². The third-order valence-corrected chi connectivity index (χ3v) is 4.93. The zero-order valence-corrected chi connectivity index (χ0v) is 13.6. The van der Waals surface area contributed by atoms with Gasteiger partial charge < -0.3 is 0 Å². The van der Waals surface area contributed by atoms with Crippen molar-refractivity contribution in [3.8, 4) is 11.3 Å². The molecule has 1 aliphatic rings. The average Bonchev–Trinajstić information content (AvgIpc) is 2.68. The molecule has 1 aromatic carbocycles. The summed E-state index contributed by atoms with van der Waals surface area (Å²) in [5, 5.41) is 0.456. The first kappa shape index (κ1) is 15.9. The number of aromatic nitrogens is 3. The van der Waals surface area contributed by atoms with Crippen molar-refractivity contribution >= 4 is 10.9 Å². The van der Waals surface area contributed by atoms with Crippen molar-refractivity contribution in [3.05, 3.63) is 58.8 Å². The minimum absolute atomic E-state index is 0.0408. The second-order valence-corrected chi connectivity index (χ2v) is 6.63. The molecule has 2 aromatic heterocycles. The summed E-state index contributed by atoms with van der Waals surface area (Å²) >= 11 is 0. The molecule has 6 heteroatoms. The van der Waals surface area contributed by atoms with Gasteiger partial charge in [-0.25, -0.2) is 4.98 Å². The predicted octanol–water partition coefficient (Wildman–Crippen LogP) is 3.33. The van der Waals surface area contributed by atoms with Crippen LogP contribution in [0.5, 0.6) is 0 Å². The quantitative estimate of drug-likeness (QED) is 0.734. The van der Waals surface area contributed by atoms with Crippen molar-refractivity contribution in [2.75, 3.05) is 13.3 Å². The monoisotopic (exact) mass is 341 g/mol. The van der Waals surface area contributed by atoms with E-state index in [1.165, 1.54) is 4.57 Å². The molecule has 0 fully saturated rings. The van der Waals surface area contributed by atoms with Crippen LogP contribution in [0.3, 0.4) is 0 Å². The fourth-order valence-electron chi connectivity index (χ4n) is 3.36. The largest absolute Gasteiger partial charge is 0.295 e. The van der Waals surface area contributed by atoms with E-state index in [9.17, 15) is 13.6 Å². The Morgan fingerprint density at radius 3 is 2.72 bits per heavy atom. The fraction of sp³-hybridized carbons (Fsp3) is 0.316. The molecule has 1 aliphatic heterocycles. The second-order valence-electron chi connectivity index (χ2n) is 6.63. The van der Waals surface area contributed by atoms with Gasteiger partial charge in [0.2, 0.25) is 0 Å². The molecular weight excluding hydrogens is 324 g/mol. The van der Waals surface area contributed by atoms with Crippen LogP contribution in [0.4, 0.5) is 8.78 Å². The van der Waals surface area contributed by atoms with Crippen molar-refractivity contribution in [1.82, 2.24) is 14.5 Å². The summed E-state index contributed by atoms with van der Waals surface area (Å²) in [6.07, 6.45) is 2.47. The van der Waals surface area contributed by atoms with Gasteiger partial charge in [-0.1, -0.05) is 12.1 Å². The molecule has 0 saturated heterocycles. The van der Waals surface area contributed by atoms with Crippen LogP contribution in [-0.4, -0.2) is 27.9 Å². The highest BCUT2D eigenvalue weighted by Crippen LogP contribution is 2.32. The Bertz CT molecular complexity index is 981. The van der Waals surface area contributed by atoms with Gasteiger partial charge in [0.15, 0.2) is 0 Å².